The Morgan fingerprint density at radius 3 is 1.56 bits per heavy atom. The third kappa shape index (κ3) is 2.94. The highest BCUT2D eigenvalue weighted by Crippen LogP contribution is 2.34. The van der Waals surface area contributed by atoms with Gasteiger partial charge in [0.05, 0.1) is 11.4 Å². The normalized spacial score (nSPS) is 15.8. The number of aromatic nitrogens is 6. The number of fused-ring (bicyclic) bond motifs is 2. The van der Waals surface area contributed by atoms with Crippen LogP contribution in [-0.4, -0.2) is 51.1 Å². The molecular weight excluding hydrogens is 464 g/mol. The molecule has 2 aliphatic heterocycles. The fourth-order valence-corrected chi connectivity index (χ4v) is 4.23. The van der Waals surface area contributed by atoms with Gasteiger partial charge < -0.3 is 10.2 Å². The first-order valence-corrected chi connectivity index (χ1v) is 10.8. The number of rotatable bonds is 3. The second-order valence-corrected chi connectivity index (χ2v) is 8.23. The van der Waals surface area contributed by atoms with Crippen LogP contribution in [0.1, 0.15) is 22.5 Å². The third-order valence-electron chi connectivity index (χ3n) is 6.17. The van der Waals surface area contributed by atoms with E-state index in [4.69, 9.17) is 0 Å². The third-order valence-corrected chi connectivity index (χ3v) is 6.17. The summed E-state index contributed by atoms with van der Waals surface area (Å²) in [6.45, 7) is 0. The highest BCUT2D eigenvalue weighted by molar-refractivity contribution is 6.22. The van der Waals surface area contributed by atoms with Gasteiger partial charge in [0.25, 0.3) is 0 Å². The number of pyridine rings is 2. The minimum Gasteiger partial charge on any atom is -0.493 e. The SMILES string of the molecule is Cn1c(O)c(C=C2C=Nc3ccncc32)n(-n2c(C=C3C=Nc4ccncc43)c(O)n(C)c2=O)c1=O. The van der Waals surface area contributed by atoms with Crippen LogP contribution in [0.15, 0.2) is 56.5 Å². The van der Waals surface area contributed by atoms with Crippen molar-refractivity contribution < 1.29 is 10.2 Å². The lowest BCUT2D eigenvalue weighted by atomic mass is 10.1. The van der Waals surface area contributed by atoms with Gasteiger partial charge >= 0.3 is 11.4 Å². The van der Waals surface area contributed by atoms with Gasteiger partial charge in [-0.15, -0.1) is 0 Å². The molecule has 0 aliphatic carbocycles. The molecule has 0 atom stereocenters. The first-order valence-electron chi connectivity index (χ1n) is 10.8. The number of hydrogen-bond donors (Lipinski definition) is 2. The fraction of sp³-hybridized carbons (Fsp3) is 0.0833. The summed E-state index contributed by atoms with van der Waals surface area (Å²) >= 11 is 0. The van der Waals surface area contributed by atoms with Crippen LogP contribution in [0.4, 0.5) is 11.4 Å². The zero-order valence-electron chi connectivity index (χ0n) is 19.1. The van der Waals surface area contributed by atoms with Crippen molar-refractivity contribution in [3.8, 4) is 11.8 Å². The zero-order valence-corrected chi connectivity index (χ0v) is 19.1. The van der Waals surface area contributed by atoms with Gasteiger partial charge in [0.2, 0.25) is 11.8 Å². The van der Waals surface area contributed by atoms with Gasteiger partial charge in [0, 0.05) is 73.6 Å². The topological polar surface area (TPSA) is 145 Å². The van der Waals surface area contributed by atoms with Crippen molar-refractivity contribution in [3.05, 3.63) is 80.4 Å². The molecule has 0 fully saturated rings. The van der Waals surface area contributed by atoms with E-state index in [1.165, 1.54) is 26.2 Å². The summed E-state index contributed by atoms with van der Waals surface area (Å²) < 4.78 is 4.03. The first-order chi connectivity index (χ1) is 17.4. The number of allylic oxidation sites excluding steroid dienone is 2. The van der Waals surface area contributed by atoms with Gasteiger partial charge in [-0.2, -0.15) is 9.35 Å². The number of hydrogen-bond acceptors (Lipinski definition) is 8. The summed E-state index contributed by atoms with van der Waals surface area (Å²) in [6, 6.07) is 3.48. The van der Waals surface area contributed by atoms with Gasteiger partial charge in [-0.25, -0.2) is 9.59 Å². The molecule has 12 heteroatoms. The van der Waals surface area contributed by atoms with Crippen molar-refractivity contribution in [2.24, 2.45) is 24.1 Å². The average molecular weight is 482 g/mol. The van der Waals surface area contributed by atoms with Crippen molar-refractivity contribution in [3.63, 3.8) is 0 Å². The lowest BCUT2D eigenvalue weighted by Crippen LogP contribution is -2.36. The average Bonchev–Trinajstić information content (AvgIpc) is 3.60. The van der Waals surface area contributed by atoms with Crippen molar-refractivity contribution in [2.45, 2.75) is 0 Å². The van der Waals surface area contributed by atoms with Crippen LogP contribution in [0.5, 0.6) is 11.8 Å². The Bertz CT molecular complexity index is 1690. The Labute approximate surface area is 202 Å². The molecule has 0 unspecified atom stereocenters. The maximum atomic E-state index is 13.3. The number of nitrogens with zero attached hydrogens (tertiary/aromatic N) is 8. The van der Waals surface area contributed by atoms with Crippen LogP contribution in [0.2, 0.25) is 0 Å². The van der Waals surface area contributed by atoms with E-state index in [1.54, 1.807) is 49.3 Å². The molecule has 2 N–H and O–H groups in total. The Hall–Kier alpha value is -5.26. The fourth-order valence-electron chi connectivity index (χ4n) is 4.23. The molecule has 4 aromatic heterocycles. The smallest absolute Gasteiger partial charge is 0.350 e. The zero-order chi connectivity index (χ0) is 25.1. The standard InChI is InChI=1S/C24H18N8O4/c1-29-21(33)19(7-13-9-27-17-3-5-25-11-15(13)17)31(23(29)35)32-20(22(34)30(2)24(32)36)8-14-10-28-18-4-6-26-12-16(14)18/h3-12,33-34H,1-2H3. The molecule has 12 nitrogen and oxygen atoms in total. The van der Waals surface area contributed by atoms with Crippen LogP contribution in [0.3, 0.4) is 0 Å². The predicted octanol–water partition coefficient (Wildman–Crippen LogP) is 1.71. The molecule has 0 bridgehead atoms. The van der Waals surface area contributed by atoms with Gasteiger partial charge in [0.15, 0.2) is 0 Å². The summed E-state index contributed by atoms with van der Waals surface area (Å²) in [4.78, 5) is 43.4. The van der Waals surface area contributed by atoms with Crippen molar-refractivity contribution in [1.29, 1.82) is 0 Å². The number of aromatic hydroxyl groups is 2. The molecule has 0 amide bonds. The molecule has 0 aromatic carbocycles. The molecule has 0 spiro atoms. The van der Waals surface area contributed by atoms with Crippen LogP contribution in [0, 0.1) is 0 Å². The highest BCUT2D eigenvalue weighted by Gasteiger charge is 2.26. The first kappa shape index (κ1) is 21.3. The Morgan fingerprint density at radius 1 is 0.722 bits per heavy atom. The van der Waals surface area contributed by atoms with E-state index in [9.17, 15) is 19.8 Å². The molecule has 6 rings (SSSR count). The van der Waals surface area contributed by atoms with Gasteiger partial charge in [-0.1, -0.05) is 0 Å². The molecule has 6 heterocycles. The van der Waals surface area contributed by atoms with Crippen molar-refractivity contribution >= 4 is 47.1 Å². The summed E-state index contributed by atoms with van der Waals surface area (Å²) in [5, 5.41) is 21.7. The van der Waals surface area contributed by atoms with Crippen LogP contribution in [-0.2, 0) is 14.1 Å². The summed E-state index contributed by atoms with van der Waals surface area (Å²) in [5.74, 6) is -0.742. The van der Waals surface area contributed by atoms with E-state index >= 15 is 0 Å². The molecule has 178 valence electrons. The second-order valence-electron chi connectivity index (χ2n) is 8.23. The quantitative estimate of drug-likeness (QED) is 0.455. The van der Waals surface area contributed by atoms with E-state index in [2.05, 4.69) is 20.0 Å². The largest absolute Gasteiger partial charge is 0.493 e. The minimum atomic E-state index is -0.699. The Balaban J connectivity index is 1.61. The summed E-state index contributed by atoms with van der Waals surface area (Å²) in [7, 11) is 2.76. The van der Waals surface area contributed by atoms with E-state index in [0.717, 1.165) is 18.5 Å². The van der Waals surface area contributed by atoms with Crippen molar-refractivity contribution in [2.75, 3.05) is 0 Å². The highest BCUT2D eigenvalue weighted by atomic mass is 16.3. The lowest BCUT2D eigenvalue weighted by molar-refractivity contribution is 0.428. The number of aliphatic imine (C=N–C) groups is 2. The molecule has 0 saturated carbocycles. The van der Waals surface area contributed by atoms with Crippen LogP contribution in [0.25, 0.3) is 23.3 Å². The molecule has 36 heavy (non-hydrogen) atoms. The lowest BCUT2D eigenvalue weighted by Gasteiger charge is -2.08. The van der Waals surface area contributed by atoms with E-state index in [1.807, 2.05) is 0 Å². The van der Waals surface area contributed by atoms with E-state index in [0.29, 0.717) is 33.6 Å². The minimum absolute atomic E-state index is 0.0233. The van der Waals surface area contributed by atoms with Gasteiger partial charge in [0.1, 0.15) is 11.4 Å². The molecule has 4 aromatic rings. The molecule has 0 saturated heterocycles. The van der Waals surface area contributed by atoms with Crippen LogP contribution < -0.4 is 11.4 Å². The maximum absolute atomic E-state index is 13.3. The Kier molecular flexibility index (Phi) is 4.51. The van der Waals surface area contributed by atoms with E-state index in [-0.39, 0.29) is 23.1 Å². The molecule has 0 radical (unpaired) electrons. The Morgan fingerprint density at radius 2 is 1.14 bits per heavy atom. The summed E-state index contributed by atoms with van der Waals surface area (Å²) in [5.41, 5.74) is 2.61. The predicted molar refractivity (Wildman–Crippen MR) is 134 cm³/mol. The monoisotopic (exact) mass is 482 g/mol. The number of imidazole rings is 2. The van der Waals surface area contributed by atoms with Crippen molar-refractivity contribution in [1.82, 2.24) is 28.5 Å². The second kappa shape index (κ2) is 7.63. The van der Waals surface area contributed by atoms with Gasteiger partial charge in [-0.3, -0.25) is 29.1 Å². The van der Waals surface area contributed by atoms with Crippen LogP contribution >= 0.6 is 0 Å². The summed E-state index contributed by atoms with van der Waals surface area (Å²) in [6.07, 6.45) is 12.7. The van der Waals surface area contributed by atoms with Gasteiger partial charge in [-0.05, 0) is 24.3 Å². The van der Waals surface area contributed by atoms with E-state index < -0.39 is 11.4 Å². The molecular formula is C24H18N8O4. The maximum Gasteiger partial charge on any atom is 0.350 e. The molecule has 2 aliphatic rings.